The van der Waals surface area contributed by atoms with Gasteiger partial charge in [-0.05, 0) is 75.5 Å². The number of amides is 1. The van der Waals surface area contributed by atoms with E-state index in [4.69, 9.17) is 4.74 Å². The maximum atomic E-state index is 12.8. The molecule has 1 heterocycles. The summed E-state index contributed by atoms with van der Waals surface area (Å²) < 4.78 is 5.30. The van der Waals surface area contributed by atoms with Crippen LogP contribution >= 0.6 is 0 Å². The van der Waals surface area contributed by atoms with Crippen molar-refractivity contribution >= 4 is 11.6 Å². The predicted octanol–water partition coefficient (Wildman–Crippen LogP) is 4.47. The third kappa shape index (κ3) is 4.89. The van der Waals surface area contributed by atoms with Gasteiger partial charge in [-0.25, -0.2) is 0 Å². The average Bonchev–Trinajstić information content (AvgIpc) is 2.65. The van der Waals surface area contributed by atoms with E-state index in [0.717, 1.165) is 55.0 Å². The molecule has 0 aliphatic carbocycles. The minimum atomic E-state index is 0.0895. The monoisotopic (exact) mass is 366 g/mol. The Labute approximate surface area is 162 Å². The number of carbonyl (C=O) groups is 1. The molecule has 3 rings (SSSR count). The first-order valence-corrected chi connectivity index (χ1v) is 9.70. The third-order valence-electron chi connectivity index (χ3n) is 5.42. The second-order valence-corrected chi connectivity index (χ2v) is 7.66. The predicted molar refractivity (Wildman–Crippen MR) is 110 cm³/mol. The summed E-state index contributed by atoms with van der Waals surface area (Å²) in [4.78, 5) is 15.2. The number of ether oxygens (including phenoxy) is 1. The Morgan fingerprint density at radius 1 is 1.11 bits per heavy atom. The molecule has 4 nitrogen and oxygen atoms in total. The van der Waals surface area contributed by atoms with E-state index in [-0.39, 0.29) is 11.8 Å². The minimum Gasteiger partial charge on any atom is -0.497 e. The maximum Gasteiger partial charge on any atom is 0.227 e. The highest BCUT2D eigenvalue weighted by atomic mass is 16.5. The normalized spacial score (nSPS) is 15.6. The number of rotatable bonds is 5. The van der Waals surface area contributed by atoms with Crippen LogP contribution < -0.4 is 10.1 Å². The van der Waals surface area contributed by atoms with Crippen molar-refractivity contribution in [1.29, 1.82) is 0 Å². The second kappa shape index (κ2) is 8.57. The number of benzene rings is 2. The molecule has 1 aliphatic heterocycles. The Bertz CT molecular complexity index is 785. The maximum absolute atomic E-state index is 12.8. The Morgan fingerprint density at radius 3 is 2.41 bits per heavy atom. The van der Waals surface area contributed by atoms with E-state index < -0.39 is 0 Å². The number of aryl methyl sites for hydroxylation is 3. The molecular weight excluding hydrogens is 336 g/mol. The number of nitrogens with zero attached hydrogens (tertiary/aromatic N) is 1. The standard InChI is InChI=1S/C23H30N2O2/c1-16-12-17(2)22(18(3)13-16)24-23(26)20-8-10-25(11-9-20)15-19-6-5-7-21(14-19)27-4/h5-7,12-14,20H,8-11,15H2,1-4H3,(H,24,26). The van der Waals surface area contributed by atoms with Crippen LogP contribution in [0.2, 0.25) is 0 Å². The summed E-state index contributed by atoms with van der Waals surface area (Å²) in [6, 6.07) is 12.5. The molecule has 0 spiro atoms. The fourth-order valence-electron chi connectivity index (χ4n) is 3.98. The molecule has 1 fully saturated rings. The van der Waals surface area contributed by atoms with E-state index >= 15 is 0 Å². The molecule has 0 radical (unpaired) electrons. The highest BCUT2D eigenvalue weighted by Gasteiger charge is 2.25. The summed E-state index contributed by atoms with van der Waals surface area (Å²) in [6.45, 7) is 9.01. The first-order valence-electron chi connectivity index (χ1n) is 9.70. The van der Waals surface area contributed by atoms with Crippen LogP contribution in [0.25, 0.3) is 0 Å². The summed E-state index contributed by atoms with van der Waals surface area (Å²) in [6.07, 6.45) is 1.81. The van der Waals surface area contributed by atoms with Crippen LogP contribution in [-0.2, 0) is 11.3 Å². The van der Waals surface area contributed by atoms with Gasteiger partial charge >= 0.3 is 0 Å². The van der Waals surface area contributed by atoms with Crippen LogP contribution in [0.1, 0.15) is 35.1 Å². The largest absolute Gasteiger partial charge is 0.497 e. The zero-order valence-corrected chi connectivity index (χ0v) is 16.8. The van der Waals surface area contributed by atoms with E-state index in [1.807, 2.05) is 12.1 Å². The van der Waals surface area contributed by atoms with Crippen molar-refractivity contribution in [2.24, 2.45) is 5.92 Å². The Hall–Kier alpha value is -2.33. The molecule has 2 aromatic rings. The van der Waals surface area contributed by atoms with E-state index in [1.165, 1.54) is 11.1 Å². The van der Waals surface area contributed by atoms with Crippen LogP contribution in [-0.4, -0.2) is 31.0 Å². The number of nitrogens with one attached hydrogen (secondary N) is 1. The zero-order valence-electron chi connectivity index (χ0n) is 16.8. The Balaban J connectivity index is 1.55. The first-order chi connectivity index (χ1) is 13.0. The van der Waals surface area contributed by atoms with Gasteiger partial charge in [0.05, 0.1) is 7.11 Å². The third-order valence-corrected chi connectivity index (χ3v) is 5.42. The molecule has 0 saturated carbocycles. The highest BCUT2D eigenvalue weighted by molar-refractivity contribution is 5.94. The van der Waals surface area contributed by atoms with Crippen molar-refractivity contribution in [2.75, 3.05) is 25.5 Å². The van der Waals surface area contributed by atoms with Crippen molar-refractivity contribution in [3.8, 4) is 5.75 Å². The van der Waals surface area contributed by atoms with Crippen molar-refractivity contribution in [3.63, 3.8) is 0 Å². The lowest BCUT2D eigenvalue weighted by Crippen LogP contribution is -2.37. The van der Waals surface area contributed by atoms with Gasteiger partial charge in [-0.3, -0.25) is 9.69 Å². The molecule has 1 N–H and O–H groups in total. The molecule has 1 aliphatic rings. The van der Waals surface area contributed by atoms with Gasteiger partial charge in [0, 0.05) is 18.2 Å². The van der Waals surface area contributed by atoms with E-state index in [1.54, 1.807) is 7.11 Å². The Kier molecular flexibility index (Phi) is 6.17. The zero-order chi connectivity index (χ0) is 19.4. The molecule has 1 amide bonds. The molecule has 0 unspecified atom stereocenters. The van der Waals surface area contributed by atoms with Crippen LogP contribution in [0.5, 0.6) is 5.75 Å². The molecule has 27 heavy (non-hydrogen) atoms. The van der Waals surface area contributed by atoms with Gasteiger partial charge in [0.15, 0.2) is 0 Å². The molecule has 2 aromatic carbocycles. The van der Waals surface area contributed by atoms with Gasteiger partial charge in [0.1, 0.15) is 5.75 Å². The number of hydrogen-bond acceptors (Lipinski definition) is 3. The van der Waals surface area contributed by atoms with Crippen LogP contribution in [0.3, 0.4) is 0 Å². The number of likely N-dealkylation sites (tertiary alicyclic amines) is 1. The minimum absolute atomic E-state index is 0.0895. The van der Waals surface area contributed by atoms with Crippen LogP contribution in [0.15, 0.2) is 36.4 Å². The van der Waals surface area contributed by atoms with Crippen LogP contribution in [0, 0.1) is 26.7 Å². The number of carbonyl (C=O) groups excluding carboxylic acids is 1. The lowest BCUT2D eigenvalue weighted by Gasteiger charge is -2.31. The molecule has 1 saturated heterocycles. The Morgan fingerprint density at radius 2 is 1.78 bits per heavy atom. The van der Waals surface area contributed by atoms with E-state index in [2.05, 4.69) is 55.3 Å². The SMILES string of the molecule is COc1cccc(CN2CCC(C(=O)Nc3c(C)cc(C)cc3C)CC2)c1. The van der Waals surface area contributed by atoms with Crippen molar-refractivity contribution in [2.45, 2.75) is 40.2 Å². The fraction of sp³-hybridized carbons (Fsp3) is 0.435. The van der Waals surface area contributed by atoms with Gasteiger partial charge in [-0.15, -0.1) is 0 Å². The van der Waals surface area contributed by atoms with Gasteiger partial charge in [-0.1, -0.05) is 29.8 Å². The van der Waals surface area contributed by atoms with Gasteiger partial charge in [-0.2, -0.15) is 0 Å². The first kappa shape index (κ1) is 19.4. The summed E-state index contributed by atoms with van der Waals surface area (Å²) in [5, 5.41) is 3.18. The summed E-state index contributed by atoms with van der Waals surface area (Å²) in [5.41, 5.74) is 5.73. The second-order valence-electron chi connectivity index (χ2n) is 7.66. The lowest BCUT2D eigenvalue weighted by molar-refractivity contribution is -0.121. The molecule has 144 valence electrons. The van der Waals surface area contributed by atoms with Crippen molar-refractivity contribution < 1.29 is 9.53 Å². The van der Waals surface area contributed by atoms with Gasteiger partial charge in [0.25, 0.3) is 0 Å². The van der Waals surface area contributed by atoms with Crippen LogP contribution in [0.4, 0.5) is 5.69 Å². The summed E-state index contributed by atoms with van der Waals surface area (Å²) in [7, 11) is 1.70. The molecule has 0 bridgehead atoms. The molecular formula is C23H30N2O2. The fourth-order valence-corrected chi connectivity index (χ4v) is 3.98. The van der Waals surface area contributed by atoms with E-state index in [9.17, 15) is 4.79 Å². The number of hydrogen-bond donors (Lipinski definition) is 1. The van der Waals surface area contributed by atoms with Crippen molar-refractivity contribution in [1.82, 2.24) is 4.90 Å². The molecule has 0 aromatic heterocycles. The van der Waals surface area contributed by atoms with Gasteiger partial charge in [0.2, 0.25) is 5.91 Å². The number of piperidine rings is 1. The molecule has 4 heteroatoms. The number of anilines is 1. The van der Waals surface area contributed by atoms with E-state index in [0.29, 0.717) is 0 Å². The highest BCUT2D eigenvalue weighted by Crippen LogP contribution is 2.25. The lowest BCUT2D eigenvalue weighted by atomic mass is 9.95. The molecule has 0 atom stereocenters. The smallest absolute Gasteiger partial charge is 0.227 e. The topological polar surface area (TPSA) is 41.6 Å². The summed E-state index contributed by atoms with van der Waals surface area (Å²) >= 11 is 0. The number of methoxy groups -OCH3 is 1. The average molecular weight is 367 g/mol. The summed E-state index contributed by atoms with van der Waals surface area (Å²) in [5.74, 6) is 1.14. The quantitative estimate of drug-likeness (QED) is 0.849. The van der Waals surface area contributed by atoms with Gasteiger partial charge < -0.3 is 10.1 Å². The van der Waals surface area contributed by atoms with Crippen molar-refractivity contribution in [3.05, 3.63) is 58.7 Å².